The van der Waals surface area contributed by atoms with Crippen molar-refractivity contribution < 1.29 is 4.74 Å². The second kappa shape index (κ2) is 13.0. The molecular weight excluding hydrogens is 501 g/mol. The number of nitrogens with zero attached hydrogens (tertiary/aromatic N) is 3. The maximum absolute atomic E-state index is 5.66. The number of benzene rings is 1. The van der Waals surface area contributed by atoms with E-state index in [1.54, 1.807) is 0 Å². The molecule has 1 aromatic rings. The van der Waals surface area contributed by atoms with E-state index >= 15 is 0 Å². The molecule has 3 unspecified atom stereocenters. The Balaban J connectivity index is 0.00000341. The van der Waals surface area contributed by atoms with Gasteiger partial charge in [-0.1, -0.05) is 31.2 Å². The topological polar surface area (TPSA) is 52.1 Å². The quantitative estimate of drug-likeness (QED) is 0.314. The molecule has 2 aliphatic heterocycles. The number of hydrogen-bond donors (Lipinski definition) is 2. The van der Waals surface area contributed by atoms with Crippen LogP contribution in [-0.4, -0.2) is 73.3 Å². The fraction of sp³-hybridized carbons (Fsp3) is 0.708. The van der Waals surface area contributed by atoms with E-state index in [2.05, 4.69) is 79.3 Å². The Kier molecular flexibility index (Phi) is 11.0. The highest BCUT2D eigenvalue weighted by atomic mass is 127. The predicted molar refractivity (Wildman–Crippen MR) is 140 cm³/mol. The van der Waals surface area contributed by atoms with E-state index in [1.807, 2.05) is 0 Å². The molecule has 2 fully saturated rings. The van der Waals surface area contributed by atoms with Crippen LogP contribution >= 0.6 is 24.0 Å². The third kappa shape index (κ3) is 8.18. The molecule has 3 rings (SSSR count). The van der Waals surface area contributed by atoms with E-state index in [1.165, 1.54) is 11.1 Å². The highest BCUT2D eigenvalue weighted by Crippen LogP contribution is 2.18. The summed E-state index contributed by atoms with van der Waals surface area (Å²) in [4.78, 5) is 9.91. The molecule has 176 valence electrons. The van der Waals surface area contributed by atoms with Crippen LogP contribution in [0.3, 0.4) is 0 Å². The van der Waals surface area contributed by atoms with Crippen molar-refractivity contribution in [1.29, 1.82) is 0 Å². The lowest BCUT2D eigenvalue weighted by Crippen LogP contribution is -2.46. The largest absolute Gasteiger partial charge is 0.376 e. The van der Waals surface area contributed by atoms with Crippen molar-refractivity contribution in [1.82, 2.24) is 20.4 Å². The predicted octanol–water partition coefficient (Wildman–Crippen LogP) is 3.31. The van der Waals surface area contributed by atoms with Crippen LogP contribution in [0.4, 0.5) is 0 Å². The summed E-state index contributed by atoms with van der Waals surface area (Å²) in [6.07, 6.45) is 0.324. The Morgan fingerprint density at radius 1 is 1.19 bits per heavy atom. The molecule has 0 aromatic heterocycles. The molecule has 0 spiro atoms. The highest BCUT2D eigenvalue weighted by Gasteiger charge is 2.31. The Morgan fingerprint density at radius 2 is 1.97 bits per heavy atom. The van der Waals surface area contributed by atoms with Gasteiger partial charge >= 0.3 is 0 Å². The van der Waals surface area contributed by atoms with Crippen molar-refractivity contribution >= 4 is 29.9 Å². The number of halogens is 1. The summed E-state index contributed by atoms with van der Waals surface area (Å²) in [7, 11) is 0. The van der Waals surface area contributed by atoms with Gasteiger partial charge in [0.1, 0.15) is 0 Å². The average Bonchev–Trinajstić information content (AvgIpc) is 3.07. The van der Waals surface area contributed by atoms with Gasteiger partial charge in [0, 0.05) is 51.4 Å². The summed E-state index contributed by atoms with van der Waals surface area (Å²) in [5, 5.41) is 7.11. The molecule has 6 nitrogen and oxygen atoms in total. The zero-order valence-electron chi connectivity index (χ0n) is 19.9. The molecule has 31 heavy (non-hydrogen) atoms. The van der Waals surface area contributed by atoms with Gasteiger partial charge in [0.15, 0.2) is 5.96 Å². The van der Waals surface area contributed by atoms with Crippen LogP contribution in [0.25, 0.3) is 0 Å². The van der Waals surface area contributed by atoms with Gasteiger partial charge in [0.05, 0.1) is 19.3 Å². The van der Waals surface area contributed by atoms with Gasteiger partial charge in [-0.25, -0.2) is 4.99 Å². The fourth-order valence-corrected chi connectivity index (χ4v) is 4.40. The molecule has 3 atom stereocenters. The van der Waals surface area contributed by atoms with Crippen LogP contribution in [0.5, 0.6) is 0 Å². The van der Waals surface area contributed by atoms with E-state index in [9.17, 15) is 0 Å². The van der Waals surface area contributed by atoms with Gasteiger partial charge in [-0.15, -0.1) is 24.0 Å². The minimum absolute atomic E-state index is 0. The molecule has 2 heterocycles. The van der Waals surface area contributed by atoms with Gasteiger partial charge in [0.25, 0.3) is 0 Å². The Bertz CT molecular complexity index is 698. The summed E-state index contributed by atoms with van der Waals surface area (Å²) >= 11 is 0. The van der Waals surface area contributed by atoms with Gasteiger partial charge in [-0.05, 0) is 44.7 Å². The summed E-state index contributed by atoms with van der Waals surface area (Å²) in [6, 6.07) is 9.89. The normalized spacial score (nSPS) is 25.5. The summed E-state index contributed by atoms with van der Waals surface area (Å²) in [6.45, 7) is 18.8. The van der Waals surface area contributed by atoms with Crippen molar-refractivity contribution in [3.8, 4) is 0 Å². The van der Waals surface area contributed by atoms with Gasteiger partial charge < -0.3 is 15.4 Å². The van der Waals surface area contributed by atoms with Gasteiger partial charge in [-0.2, -0.15) is 0 Å². The SMILES string of the molecule is CCNC(=NCc1cccc(CN2CCOC(C)C2)c1)NC1CN(C(C)C)CC1C.I. The van der Waals surface area contributed by atoms with Crippen LogP contribution in [-0.2, 0) is 17.8 Å². The molecule has 2 saturated heterocycles. The van der Waals surface area contributed by atoms with Crippen molar-refractivity contribution in [3.63, 3.8) is 0 Å². The molecule has 7 heteroatoms. The summed E-state index contributed by atoms with van der Waals surface area (Å²) in [5.74, 6) is 1.54. The van der Waals surface area contributed by atoms with E-state index in [0.29, 0.717) is 30.7 Å². The monoisotopic (exact) mass is 543 g/mol. The third-order valence-electron chi connectivity index (χ3n) is 6.18. The molecule has 2 N–H and O–H groups in total. The molecule has 0 radical (unpaired) electrons. The first-order valence-corrected chi connectivity index (χ1v) is 11.6. The number of guanidine groups is 1. The van der Waals surface area contributed by atoms with Crippen molar-refractivity contribution in [3.05, 3.63) is 35.4 Å². The van der Waals surface area contributed by atoms with Crippen LogP contribution in [0.1, 0.15) is 45.7 Å². The number of rotatable bonds is 7. The van der Waals surface area contributed by atoms with Gasteiger partial charge in [-0.3, -0.25) is 9.80 Å². The van der Waals surface area contributed by atoms with Crippen molar-refractivity contribution in [2.75, 3.05) is 39.3 Å². The Labute approximate surface area is 206 Å². The molecule has 0 bridgehead atoms. The number of hydrogen-bond acceptors (Lipinski definition) is 4. The molecule has 0 saturated carbocycles. The second-order valence-corrected chi connectivity index (χ2v) is 9.21. The smallest absolute Gasteiger partial charge is 0.191 e. The van der Waals surface area contributed by atoms with Crippen LogP contribution in [0.15, 0.2) is 29.3 Å². The average molecular weight is 544 g/mol. The standard InChI is InChI=1S/C24H41N5O.HI/c1-6-25-24(27-23-17-29(18(2)3)14-19(23)4)26-13-21-8-7-9-22(12-21)16-28-10-11-30-20(5)15-28;/h7-9,12,18-20,23H,6,10-11,13-17H2,1-5H3,(H2,25,26,27);1H. The fourth-order valence-electron chi connectivity index (χ4n) is 4.40. The lowest BCUT2D eigenvalue weighted by Gasteiger charge is -2.31. The van der Waals surface area contributed by atoms with Gasteiger partial charge in [0.2, 0.25) is 0 Å². The zero-order chi connectivity index (χ0) is 21.5. The number of morpholine rings is 1. The highest BCUT2D eigenvalue weighted by molar-refractivity contribution is 14.0. The van der Waals surface area contributed by atoms with Crippen molar-refractivity contribution in [2.24, 2.45) is 10.9 Å². The molecular formula is C24H42IN5O. The van der Waals surface area contributed by atoms with Crippen LogP contribution < -0.4 is 10.6 Å². The molecule has 0 amide bonds. The maximum Gasteiger partial charge on any atom is 0.191 e. The number of nitrogens with one attached hydrogen (secondary N) is 2. The van der Waals surface area contributed by atoms with E-state index in [0.717, 1.165) is 51.8 Å². The molecule has 2 aliphatic rings. The number of aliphatic imine (C=N–C) groups is 1. The minimum Gasteiger partial charge on any atom is -0.376 e. The van der Waals surface area contributed by atoms with Crippen molar-refractivity contribution in [2.45, 2.75) is 65.9 Å². The third-order valence-corrected chi connectivity index (χ3v) is 6.18. The minimum atomic E-state index is 0. The summed E-state index contributed by atoms with van der Waals surface area (Å²) in [5.41, 5.74) is 2.61. The first-order valence-electron chi connectivity index (χ1n) is 11.6. The van der Waals surface area contributed by atoms with Crippen LogP contribution in [0.2, 0.25) is 0 Å². The Hall–Kier alpha value is -0.900. The number of ether oxygens (including phenoxy) is 1. The first kappa shape index (κ1) is 26.4. The maximum atomic E-state index is 5.66. The lowest BCUT2D eigenvalue weighted by molar-refractivity contribution is -0.0212. The molecule has 0 aliphatic carbocycles. The molecule has 1 aromatic carbocycles. The zero-order valence-corrected chi connectivity index (χ0v) is 22.3. The van der Waals surface area contributed by atoms with E-state index < -0.39 is 0 Å². The number of likely N-dealkylation sites (tertiary alicyclic amines) is 1. The first-order chi connectivity index (χ1) is 14.4. The summed E-state index contributed by atoms with van der Waals surface area (Å²) < 4.78 is 5.66. The Morgan fingerprint density at radius 3 is 2.65 bits per heavy atom. The lowest BCUT2D eigenvalue weighted by atomic mass is 10.1. The van der Waals surface area contributed by atoms with Crippen LogP contribution in [0, 0.1) is 5.92 Å². The van der Waals surface area contributed by atoms with E-state index in [4.69, 9.17) is 9.73 Å². The second-order valence-electron chi connectivity index (χ2n) is 9.21. The van der Waals surface area contributed by atoms with E-state index in [-0.39, 0.29) is 24.0 Å².